The zero-order chi connectivity index (χ0) is 14.3. The third-order valence-corrected chi connectivity index (χ3v) is 3.92. The van der Waals surface area contributed by atoms with E-state index >= 15 is 0 Å². The molecule has 1 rings (SSSR count). The molecular weight excluding hydrogens is 266 g/mol. The van der Waals surface area contributed by atoms with Crippen molar-refractivity contribution in [3.05, 3.63) is 0 Å². The molecule has 0 saturated carbocycles. The van der Waals surface area contributed by atoms with Crippen molar-refractivity contribution >= 4 is 15.9 Å². The van der Waals surface area contributed by atoms with Crippen LogP contribution in [0.1, 0.15) is 32.6 Å². The summed E-state index contributed by atoms with van der Waals surface area (Å²) in [7, 11) is -3.20. The number of nitrogens with zero attached hydrogens (tertiary/aromatic N) is 1. The minimum atomic E-state index is -3.20. The van der Waals surface area contributed by atoms with E-state index in [9.17, 15) is 13.2 Å². The molecule has 112 valence electrons. The molecule has 1 fully saturated rings. The Morgan fingerprint density at radius 1 is 1.37 bits per heavy atom. The van der Waals surface area contributed by atoms with Crippen LogP contribution in [0, 0.1) is 0 Å². The normalized spacial score (nSPS) is 20.5. The largest absolute Gasteiger partial charge is 0.337 e. The van der Waals surface area contributed by atoms with Crippen LogP contribution < -0.4 is 10.0 Å². The first-order chi connectivity index (χ1) is 8.94. The molecule has 1 saturated heterocycles. The second kappa shape index (κ2) is 7.81. The van der Waals surface area contributed by atoms with E-state index in [-0.39, 0.29) is 11.9 Å². The Kier molecular flexibility index (Phi) is 6.74. The maximum absolute atomic E-state index is 12.1. The summed E-state index contributed by atoms with van der Waals surface area (Å²) in [5, 5.41) is 3.10. The lowest BCUT2D eigenvalue weighted by molar-refractivity contribution is -0.133. The Morgan fingerprint density at radius 3 is 2.74 bits per heavy atom. The van der Waals surface area contributed by atoms with Crippen molar-refractivity contribution in [2.75, 3.05) is 32.4 Å². The molecule has 0 aliphatic carbocycles. The van der Waals surface area contributed by atoms with Crippen molar-refractivity contribution in [1.29, 1.82) is 0 Å². The van der Waals surface area contributed by atoms with Gasteiger partial charge in [-0.15, -0.1) is 0 Å². The number of sulfonamides is 1. The first-order valence-electron chi connectivity index (χ1n) is 6.89. The summed E-state index contributed by atoms with van der Waals surface area (Å²) in [6.07, 6.45) is 5.04. The van der Waals surface area contributed by atoms with Crippen LogP contribution in [0.5, 0.6) is 0 Å². The van der Waals surface area contributed by atoms with Gasteiger partial charge in [0.1, 0.15) is 0 Å². The quantitative estimate of drug-likeness (QED) is 0.643. The number of hydrogen-bond acceptors (Lipinski definition) is 4. The van der Waals surface area contributed by atoms with Gasteiger partial charge >= 0.3 is 0 Å². The highest BCUT2D eigenvalue weighted by atomic mass is 32.2. The maximum Gasteiger partial charge on any atom is 0.236 e. The highest BCUT2D eigenvalue weighted by molar-refractivity contribution is 7.88. The second-order valence-corrected chi connectivity index (χ2v) is 6.87. The van der Waals surface area contributed by atoms with Crippen molar-refractivity contribution in [3.8, 4) is 0 Å². The van der Waals surface area contributed by atoms with Crippen molar-refractivity contribution in [2.45, 2.75) is 38.6 Å². The lowest BCUT2D eigenvalue weighted by atomic mass is 10.0. The van der Waals surface area contributed by atoms with E-state index in [2.05, 4.69) is 17.0 Å². The van der Waals surface area contributed by atoms with E-state index in [1.54, 1.807) is 0 Å². The molecule has 0 aromatic carbocycles. The molecule has 19 heavy (non-hydrogen) atoms. The van der Waals surface area contributed by atoms with Gasteiger partial charge in [0, 0.05) is 19.1 Å². The van der Waals surface area contributed by atoms with E-state index in [0.29, 0.717) is 13.1 Å². The number of piperidine rings is 1. The SMILES string of the molecule is CCCNCC(=O)N1CCCCC1CNS(C)(=O)=O. The maximum atomic E-state index is 12.1. The predicted molar refractivity (Wildman–Crippen MR) is 75.4 cm³/mol. The van der Waals surface area contributed by atoms with Crippen molar-refractivity contribution in [1.82, 2.24) is 14.9 Å². The Morgan fingerprint density at radius 2 is 2.11 bits per heavy atom. The molecule has 0 radical (unpaired) electrons. The highest BCUT2D eigenvalue weighted by Crippen LogP contribution is 2.16. The highest BCUT2D eigenvalue weighted by Gasteiger charge is 2.26. The molecule has 7 heteroatoms. The van der Waals surface area contributed by atoms with E-state index in [4.69, 9.17) is 0 Å². The molecule has 2 N–H and O–H groups in total. The molecule has 1 heterocycles. The van der Waals surface area contributed by atoms with Crippen LogP contribution in [0.2, 0.25) is 0 Å². The first kappa shape index (κ1) is 16.4. The van der Waals surface area contributed by atoms with E-state index in [1.807, 2.05) is 4.90 Å². The van der Waals surface area contributed by atoms with Crippen LogP contribution in [0.3, 0.4) is 0 Å². The lowest BCUT2D eigenvalue weighted by Crippen LogP contribution is -2.51. The molecule has 1 aliphatic heterocycles. The zero-order valence-electron chi connectivity index (χ0n) is 11.8. The number of carbonyl (C=O) groups excluding carboxylic acids is 1. The molecular formula is C12H25N3O3S. The van der Waals surface area contributed by atoms with Gasteiger partial charge in [0.25, 0.3) is 0 Å². The minimum Gasteiger partial charge on any atom is -0.337 e. The molecule has 6 nitrogen and oxygen atoms in total. The van der Waals surface area contributed by atoms with Gasteiger partial charge in [-0.05, 0) is 32.2 Å². The Hall–Kier alpha value is -0.660. The van der Waals surface area contributed by atoms with Gasteiger partial charge in [-0.3, -0.25) is 4.79 Å². The summed E-state index contributed by atoms with van der Waals surface area (Å²) in [6.45, 7) is 4.26. The lowest BCUT2D eigenvalue weighted by Gasteiger charge is -2.36. The third-order valence-electron chi connectivity index (χ3n) is 3.23. The van der Waals surface area contributed by atoms with Crippen LogP contribution in [-0.2, 0) is 14.8 Å². The van der Waals surface area contributed by atoms with Crippen LogP contribution in [0.4, 0.5) is 0 Å². The standard InChI is InChI=1S/C12H25N3O3S/c1-3-7-13-10-12(16)15-8-5-4-6-11(15)9-14-19(2,17)18/h11,13-14H,3-10H2,1-2H3. The molecule has 0 aromatic rings. The van der Waals surface area contributed by atoms with E-state index < -0.39 is 10.0 Å². The number of nitrogens with one attached hydrogen (secondary N) is 2. The van der Waals surface area contributed by atoms with Crippen molar-refractivity contribution < 1.29 is 13.2 Å². The van der Waals surface area contributed by atoms with Crippen molar-refractivity contribution in [3.63, 3.8) is 0 Å². The van der Waals surface area contributed by atoms with Crippen LogP contribution in [-0.4, -0.2) is 57.7 Å². The second-order valence-electron chi connectivity index (χ2n) is 5.03. The summed E-state index contributed by atoms with van der Waals surface area (Å²) in [6, 6.07) is -0.0144. The number of amides is 1. The summed E-state index contributed by atoms with van der Waals surface area (Å²) in [5.41, 5.74) is 0. The predicted octanol–water partition coefficient (Wildman–Crippen LogP) is -0.0837. The average Bonchev–Trinajstić information content (AvgIpc) is 2.36. The van der Waals surface area contributed by atoms with E-state index in [0.717, 1.165) is 45.0 Å². The smallest absolute Gasteiger partial charge is 0.236 e. The van der Waals surface area contributed by atoms with Gasteiger partial charge in [-0.1, -0.05) is 6.92 Å². The summed E-state index contributed by atoms with van der Waals surface area (Å²) in [5.74, 6) is 0.0634. The first-order valence-corrected chi connectivity index (χ1v) is 8.78. The Balaban J connectivity index is 2.49. The molecule has 0 aromatic heterocycles. The Bertz CT molecular complexity index is 384. The fraction of sp³-hybridized carbons (Fsp3) is 0.917. The monoisotopic (exact) mass is 291 g/mol. The fourth-order valence-electron chi connectivity index (χ4n) is 2.26. The number of hydrogen-bond donors (Lipinski definition) is 2. The molecule has 0 spiro atoms. The zero-order valence-corrected chi connectivity index (χ0v) is 12.6. The van der Waals surface area contributed by atoms with Crippen LogP contribution in [0.25, 0.3) is 0 Å². The topological polar surface area (TPSA) is 78.5 Å². The van der Waals surface area contributed by atoms with Gasteiger partial charge in [0.15, 0.2) is 0 Å². The summed E-state index contributed by atoms with van der Waals surface area (Å²) >= 11 is 0. The van der Waals surface area contributed by atoms with Gasteiger partial charge in [0.05, 0.1) is 12.8 Å². The fourth-order valence-corrected chi connectivity index (χ4v) is 2.76. The molecule has 1 unspecified atom stereocenters. The molecule has 0 bridgehead atoms. The number of carbonyl (C=O) groups is 1. The Labute approximate surface area is 116 Å². The minimum absolute atomic E-state index is 0.0144. The van der Waals surface area contributed by atoms with Crippen molar-refractivity contribution in [2.24, 2.45) is 0 Å². The van der Waals surface area contributed by atoms with Crippen LogP contribution >= 0.6 is 0 Å². The summed E-state index contributed by atoms with van der Waals surface area (Å²) in [4.78, 5) is 13.9. The average molecular weight is 291 g/mol. The number of likely N-dealkylation sites (tertiary alicyclic amines) is 1. The molecule has 1 amide bonds. The molecule has 1 atom stereocenters. The van der Waals surface area contributed by atoms with Gasteiger partial charge in [-0.2, -0.15) is 0 Å². The van der Waals surface area contributed by atoms with Crippen LogP contribution in [0.15, 0.2) is 0 Å². The van der Waals surface area contributed by atoms with E-state index in [1.165, 1.54) is 0 Å². The molecule has 1 aliphatic rings. The number of rotatable bonds is 7. The van der Waals surface area contributed by atoms with Gasteiger partial charge < -0.3 is 10.2 Å². The van der Waals surface area contributed by atoms with Gasteiger partial charge in [0.2, 0.25) is 15.9 Å². The summed E-state index contributed by atoms with van der Waals surface area (Å²) < 4.78 is 24.8. The third kappa shape index (κ3) is 6.35. The van der Waals surface area contributed by atoms with Gasteiger partial charge in [-0.25, -0.2) is 13.1 Å².